The highest BCUT2D eigenvalue weighted by atomic mass is 16.5. The first kappa shape index (κ1) is 16.2. The van der Waals surface area contributed by atoms with Gasteiger partial charge in [-0.25, -0.2) is 4.79 Å². The molecular weight excluding hydrogens is 256 g/mol. The number of Topliss-reactive ketones (excluding diaryl/α,β-unsaturated/α-hetero) is 1. The minimum atomic E-state index is -1.40. The second-order valence-electron chi connectivity index (χ2n) is 4.52. The number of anilines is 1. The molecule has 0 heterocycles. The Kier molecular flexibility index (Phi) is 5.70. The molecule has 0 bridgehead atoms. The number of nitrogens with two attached hydrogens (primary N) is 1. The summed E-state index contributed by atoms with van der Waals surface area (Å²) in [6, 6.07) is 9.15. The monoisotopic (exact) mass is 278 g/mol. The molecule has 1 aromatic rings. The Morgan fingerprint density at radius 2 is 1.85 bits per heavy atom. The van der Waals surface area contributed by atoms with E-state index in [9.17, 15) is 9.59 Å². The van der Waals surface area contributed by atoms with Crippen LogP contribution in [0.15, 0.2) is 30.3 Å². The number of rotatable bonds is 7. The molecule has 0 saturated carbocycles. The molecule has 0 aliphatic carbocycles. The zero-order valence-corrected chi connectivity index (χ0v) is 12.3. The number of carbonyl (C=O) groups is 2. The van der Waals surface area contributed by atoms with Gasteiger partial charge in [-0.1, -0.05) is 25.1 Å². The van der Waals surface area contributed by atoms with Gasteiger partial charge >= 0.3 is 5.97 Å². The van der Waals surface area contributed by atoms with E-state index < -0.39 is 11.5 Å². The predicted molar refractivity (Wildman–Crippen MR) is 78.3 cm³/mol. The SMILES string of the molecule is CCOC(=O)C(C)(C(=O)CC)N(CN)c1ccccc1. The number of carbonyl (C=O) groups excluding carboxylic acids is 2. The number of hydrogen-bond donors (Lipinski definition) is 1. The first-order chi connectivity index (χ1) is 9.52. The Balaban J connectivity index is 3.27. The molecular formula is C15H22N2O3. The van der Waals surface area contributed by atoms with E-state index in [4.69, 9.17) is 10.5 Å². The van der Waals surface area contributed by atoms with E-state index >= 15 is 0 Å². The van der Waals surface area contributed by atoms with Gasteiger partial charge in [0.2, 0.25) is 0 Å². The number of benzene rings is 1. The van der Waals surface area contributed by atoms with E-state index in [1.165, 1.54) is 0 Å². The van der Waals surface area contributed by atoms with Crippen LogP contribution in [0.3, 0.4) is 0 Å². The Bertz CT molecular complexity index is 461. The van der Waals surface area contributed by atoms with E-state index in [1.807, 2.05) is 30.3 Å². The molecule has 0 aromatic heterocycles. The van der Waals surface area contributed by atoms with Crippen molar-refractivity contribution >= 4 is 17.4 Å². The smallest absolute Gasteiger partial charge is 0.339 e. The van der Waals surface area contributed by atoms with Crippen molar-refractivity contribution in [2.24, 2.45) is 5.73 Å². The summed E-state index contributed by atoms with van der Waals surface area (Å²) in [4.78, 5) is 26.2. The Labute approximate surface area is 119 Å². The van der Waals surface area contributed by atoms with Crippen LogP contribution in [0.2, 0.25) is 0 Å². The van der Waals surface area contributed by atoms with Crippen molar-refractivity contribution in [1.29, 1.82) is 0 Å². The lowest BCUT2D eigenvalue weighted by molar-refractivity contribution is -0.152. The van der Waals surface area contributed by atoms with Crippen molar-refractivity contribution in [3.63, 3.8) is 0 Å². The molecule has 1 atom stereocenters. The summed E-state index contributed by atoms with van der Waals surface area (Å²) in [6.45, 7) is 5.27. The minimum absolute atomic E-state index is 0.0467. The highest BCUT2D eigenvalue weighted by Gasteiger charge is 2.46. The van der Waals surface area contributed by atoms with Crippen molar-refractivity contribution < 1.29 is 14.3 Å². The van der Waals surface area contributed by atoms with Crippen LogP contribution in [0.25, 0.3) is 0 Å². The predicted octanol–water partition coefficient (Wildman–Crippen LogP) is 1.71. The molecule has 110 valence electrons. The summed E-state index contributed by atoms with van der Waals surface area (Å²) in [6.07, 6.45) is 0.235. The lowest BCUT2D eigenvalue weighted by Gasteiger charge is -2.38. The second kappa shape index (κ2) is 7.05. The van der Waals surface area contributed by atoms with Gasteiger partial charge in [0.25, 0.3) is 0 Å². The molecule has 5 nitrogen and oxygen atoms in total. The lowest BCUT2D eigenvalue weighted by Crippen LogP contribution is -2.60. The van der Waals surface area contributed by atoms with Crippen molar-refractivity contribution in [1.82, 2.24) is 0 Å². The molecule has 0 fully saturated rings. The Hall–Kier alpha value is -1.88. The summed E-state index contributed by atoms with van der Waals surface area (Å²) in [7, 11) is 0. The molecule has 1 unspecified atom stereocenters. The van der Waals surface area contributed by atoms with E-state index in [0.29, 0.717) is 5.69 Å². The van der Waals surface area contributed by atoms with Gasteiger partial charge in [0, 0.05) is 12.1 Å². The average molecular weight is 278 g/mol. The largest absolute Gasteiger partial charge is 0.464 e. The van der Waals surface area contributed by atoms with Gasteiger partial charge in [0.05, 0.1) is 13.3 Å². The van der Waals surface area contributed by atoms with Crippen LogP contribution in [0.4, 0.5) is 5.69 Å². The maximum Gasteiger partial charge on any atom is 0.339 e. The maximum atomic E-state index is 12.3. The quantitative estimate of drug-likeness (QED) is 0.467. The van der Waals surface area contributed by atoms with Gasteiger partial charge in [-0.05, 0) is 26.0 Å². The van der Waals surface area contributed by atoms with Crippen molar-refractivity contribution in [3.05, 3.63) is 30.3 Å². The maximum absolute atomic E-state index is 12.3. The molecule has 0 spiro atoms. The molecule has 2 N–H and O–H groups in total. The fourth-order valence-corrected chi connectivity index (χ4v) is 2.14. The first-order valence-corrected chi connectivity index (χ1v) is 6.75. The van der Waals surface area contributed by atoms with Crippen LogP contribution in [0, 0.1) is 0 Å². The minimum Gasteiger partial charge on any atom is -0.464 e. The molecule has 1 rings (SSSR count). The fourth-order valence-electron chi connectivity index (χ4n) is 2.14. The lowest BCUT2D eigenvalue weighted by atomic mass is 9.91. The van der Waals surface area contributed by atoms with Crippen molar-refractivity contribution in [2.75, 3.05) is 18.2 Å². The van der Waals surface area contributed by atoms with Crippen LogP contribution in [-0.4, -0.2) is 30.6 Å². The third kappa shape index (κ3) is 2.99. The summed E-state index contributed by atoms with van der Waals surface area (Å²) < 4.78 is 5.08. The average Bonchev–Trinajstić information content (AvgIpc) is 2.48. The zero-order valence-electron chi connectivity index (χ0n) is 12.3. The van der Waals surface area contributed by atoms with Gasteiger partial charge in [-0.15, -0.1) is 0 Å². The molecule has 0 amide bonds. The van der Waals surface area contributed by atoms with Crippen LogP contribution < -0.4 is 10.6 Å². The summed E-state index contributed by atoms with van der Waals surface area (Å²) in [5.41, 5.74) is 5.10. The molecule has 5 heteroatoms. The normalized spacial score (nSPS) is 13.4. The zero-order chi connectivity index (χ0) is 15.2. The van der Waals surface area contributed by atoms with Crippen molar-refractivity contribution in [3.8, 4) is 0 Å². The number of hydrogen-bond acceptors (Lipinski definition) is 5. The van der Waals surface area contributed by atoms with E-state index in [0.717, 1.165) is 0 Å². The van der Waals surface area contributed by atoms with Gasteiger partial charge in [0.15, 0.2) is 11.3 Å². The van der Waals surface area contributed by atoms with E-state index in [2.05, 4.69) is 0 Å². The third-order valence-corrected chi connectivity index (χ3v) is 3.33. The van der Waals surface area contributed by atoms with Crippen LogP contribution in [0.5, 0.6) is 0 Å². The number of para-hydroxylation sites is 1. The van der Waals surface area contributed by atoms with Crippen LogP contribution in [-0.2, 0) is 14.3 Å². The fraction of sp³-hybridized carbons (Fsp3) is 0.467. The molecule has 0 saturated heterocycles. The topological polar surface area (TPSA) is 72.6 Å². The van der Waals surface area contributed by atoms with Crippen LogP contribution >= 0.6 is 0 Å². The Morgan fingerprint density at radius 1 is 1.25 bits per heavy atom. The van der Waals surface area contributed by atoms with E-state index in [-0.39, 0.29) is 25.5 Å². The molecule has 0 aliphatic rings. The molecule has 1 aromatic carbocycles. The third-order valence-electron chi connectivity index (χ3n) is 3.33. The standard InChI is InChI=1S/C15H22N2O3/c1-4-13(18)15(3,14(19)20-5-2)17(11-16)12-9-7-6-8-10-12/h6-10H,4-5,11,16H2,1-3H3. The van der Waals surface area contributed by atoms with Gasteiger partial charge in [-0.3, -0.25) is 4.79 Å². The highest BCUT2D eigenvalue weighted by molar-refractivity contribution is 6.11. The van der Waals surface area contributed by atoms with Gasteiger partial charge in [0.1, 0.15) is 0 Å². The highest BCUT2D eigenvalue weighted by Crippen LogP contribution is 2.26. The number of esters is 1. The second-order valence-corrected chi connectivity index (χ2v) is 4.52. The number of nitrogens with zero attached hydrogens (tertiary/aromatic N) is 1. The van der Waals surface area contributed by atoms with Crippen molar-refractivity contribution in [2.45, 2.75) is 32.7 Å². The first-order valence-electron chi connectivity index (χ1n) is 6.75. The molecule has 20 heavy (non-hydrogen) atoms. The van der Waals surface area contributed by atoms with Gasteiger partial charge in [-0.2, -0.15) is 0 Å². The Morgan fingerprint density at radius 3 is 2.30 bits per heavy atom. The molecule has 0 radical (unpaired) electrons. The summed E-state index contributed by atoms with van der Waals surface area (Å²) in [5.74, 6) is -0.786. The van der Waals surface area contributed by atoms with E-state index in [1.54, 1.807) is 25.7 Å². The number of ether oxygens (including phenoxy) is 1. The summed E-state index contributed by atoms with van der Waals surface area (Å²) >= 11 is 0. The number of ketones is 1. The van der Waals surface area contributed by atoms with Crippen LogP contribution in [0.1, 0.15) is 27.2 Å². The summed E-state index contributed by atoms with van der Waals surface area (Å²) in [5, 5.41) is 0. The molecule has 0 aliphatic heterocycles. The van der Waals surface area contributed by atoms with Gasteiger partial charge < -0.3 is 15.4 Å².